The van der Waals surface area contributed by atoms with Crippen LogP contribution in [0.5, 0.6) is 0 Å². The van der Waals surface area contributed by atoms with Crippen molar-refractivity contribution in [2.24, 2.45) is 0 Å². The van der Waals surface area contributed by atoms with E-state index in [1.165, 1.54) is 0 Å². The van der Waals surface area contributed by atoms with Crippen LogP contribution in [0.4, 0.5) is 4.79 Å². The zero-order valence-electron chi connectivity index (χ0n) is 12.2. The van der Waals surface area contributed by atoms with Gasteiger partial charge in [0.05, 0.1) is 6.54 Å². The Morgan fingerprint density at radius 3 is 2.47 bits per heavy atom. The number of hydrogen-bond acceptors (Lipinski definition) is 4. The molecule has 112 valence electrons. The average molecular weight is 273 g/mol. The number of urea groups is 1. The quantitative estimate of drug-likeness (QED) is 0.540. The molecule has 0 aliphatic carbocycles. The first-order valence-corrected chi connectivity index (χ1v) is 6.93. The van der Waals surface area contributed by atoms with E-state index in [9.17, 15) is 9.59 Å². The summed E-state index contributed by atoms with van der Waals surface area (Å²) < 4.78 is 0. The minimum absolute atomic E-state index is 0.0995. The number of aliphatic hydroxyl groups is 1. The predicted octanol–water partition coefficient (Wildman–Crippen LogP) is 0.705. The summed E-state index contributed by atoms with van der Waals surface area (Å²) in [7, 11) is 0. The van der Waals surface area contributed by atoms with E-state index in [0.29, 0.717) is 19.5 Å². The summed E-state index contributed by atoms with van der Waals surface area (Å²) in [6, 6.07) is -0.246. The number of hydrogen-bond donors (Lipinski definition) is 3. The lowest BCUT2D eigenvalue weighted by Gasteiger charge is -2.25. The third-order valence-corrected chi connectivity index (χ3v) is 2.75. The van der Waals surface area contributed by atoms with E-state index in [-0.39, 0.29) is 25.1 Å². The van der Waals surface area contributed by atoms with Gasteiger partial charge in [-0.1, -0.05) is 13.3 Å². The van der Waals surface area contributed by atoms with Gasteiger partial charge in [0.15, 0.2) is 0 Å². The first kappa shape index (κ1) is 17.9. The van der Waals surface area contributed by atoms with Gasteiger partial charge in [-0.05, 0) is 26.7 Å². The number of rotatable bonds is 9. The van der Waals surface area contributed by atoms with Crippen molar-refractivity contribution in [3.8, 4) is 0 Å². The summed E-state index contributed by atoms with van der Waals surface area (Å²) in [5.41, 5.74) is 0. The fraction of sp³-hybridized carbons (Fsp3) is 0.846. The van der Waals surface area contributed by atoms with E-state index in [4.69, 9.17) is 5.11 Å². The zero-order valence-corrected chi connectivity index (χ0v) is 12.2. The number of amides is 3. The molecule has 0 aromatic rings. The molecule has 0 aliphatic heterocycles. The largest absolute Gasteiger partial charge is 0.396 e. The molecule has 0 aromatic carbocycles. The second-order valence-corrected chi connectivity index (χ2v) is 4.80. The van der Waals surface area contributed by atoms with Crippen LogP contribution in [-0.2, 0) is 4.79 Å². The molecule has 0 radical (unpaired) electrons. The third kappa shape index (κ3) is 9.44. The summed E-state index contributed by atoms with van der Waals surface area (Å²) in [6.07, 6.45) is 2.51. The lowest BCUT2D eigenvalue weighted by molar-refractivity contribution is -0.121. The molecule has 0 saturated heterocycles. The monoisotopic (exact) mass is 273 g/mol. The van der Waals surface area contributed by atoms with Crippen LogP contribution in [0.2, 0.25) is 0 Å². The molecule has 0 rings (SSSR count). The van der Waals surface area contributed by atoms with Crippen molar-refractivity contribution in [1.82, 2.24) is 15.5 Å². The minimum Gasteiger partial charge on any atom is -0.396 e. The Hall–Kier alpha value is -1.14. The molecule has 3 N–H and O–H groups in total. The molecule has 0 spiro atoms. The first-order chi connectivity index (χ1) is 9.01. The number of carbonyl (C=O) groups is 2. The van der Waals surface area contributed by atoms with Gasteiger partial charge in [-0.3, -0.25) is 15.0 Å². The van der Waals surface area contributed by atoms with E-state index in [0.717, 1.165) is 12.8 Å². The minimum atomic E-state index is -0.440. The Bertz CT molecular complexity index is 270. The second-order valence-electron chi connectivity index (χ2n) is 4.80. The number of nitrogens with one attached hydrogen (secondary N) is 2. The van der Waals surface area contributed by atoms with Gasteiger partial charge >= 0.3 is 6.03 Å². The highest BCUT2D eigenvalue weighted by Gasteiger charge is 2.15. The van der Waals surface area contributed by atoms with Crippen LogP contribution in [0.25, 0.3) is 0 Å². The summed E-state index contributed by atoms with van der Waals surface area (Å²) in [5.74, 6) is -0.319. The highest BCUT2D eigenvalue weighted by Crippen LogP contribution is 1.99. The van der Waals surface area contributed by atoms with Crippen LogP contribution in [0.15, 0.2) is 0 Å². The van der Waals surface area contributed by atoms with Crippen molar-refractivity contribution in [3.63, 3.8) is 0 Å². The van der Waals surface area contributed by atoms with Gasteiger partial charge in [0, 0.05) is 25.7 Å². The van der Waals surface area contributed by atoms with Crippen LogP contribution < -0.4 is 10.6 Å². The molecule has 0 fully saturated rings. The van der Waals surface area contributed by atoms with Crippen LogP contribution in [0, 0.1) is 0 Å². The van der Waals surface area contributed by atoms with Gasteiger partial charge in [-0.2, -0.15) is 0 Å². The summed E-state index contributed by atoms with van der Waals surface area (Å²) >= 11 is 0. The van der Waals surface area contributed by atoms with E-state index in [1.54, 1.807) is 0 Å². The van der Waals surface area contributed by atoms with Crippen LogP contribution in [-0.4, -0.2) is 54.2 Å². The van der Waals surface area contributed by atoms with Crippen molar-refractivity contribution in [3.05, 3.63) is 0 Å². The number of imide groups is 1. The van der Waals surface area contributed by atoms with Crippen molar-refractivity contribution in [1.29, 1.82) is 0 Å². The molecule has 0 aliphatic rings. The molecule has 3 amide bonds. The molecular formula is C13H27N3O3. The fourth-order valence-electron chi connectivity index (χ4n) is 1.57. The predicted molar refractivity (Wildman–Crippen MR) is 74.9 cm³/mol. The Labute approximate surface area is 115 Å². The standard InChI is InChI=1S/C13H27N3O3/c1-4-5-7-14-13(19)15-12(18)10-16(11(2)3)8-6-9-17/h11,17H,4-10H2,1-3H3,(H2,14,15,18,19). The summed E-state index contributed by atoms with van der Waals surface area (Å²) in [5, 5.41) is 13.7. The van der Waals surface area contributed by atoms with E-state index < -0.39 is 6.03 Å². The van der Waals surface area contributed by atoms with Crippen molar-refractivity contribution in [2.75, 3.05) is 26.2 Å². The van der Waals surface area contributed by atoms with Crippen molar-refractivity contribution >= 4 is 11.9 Å². The molecule has 0 saturated carbocycles. The Balaban J connectivity index is 4.00. The topological polar surface area (TPSA) is 81.7 Å². The molecule has 19 heavy (non-hydrogen) atoms. The van der Waals surface area contributed by atoms with Gasteiger partial charge in [-0.25, -0.2) is 4.79 Å². The molecule has 6 nitrogen and oxygen atoms in total. The highest BCUT2D eigenvalue weighted by molar-refractivity contribution is 5.95. The number of unbranched alkanes of at least 4 members (excludes halogenated alkanes) is 1. The Morgan fingerprint density at radius 1 is 1.26 bits per heavy atom. The Kier molecular flexibility index (Phi) is 10.1. The fourth-order valence-corrected chi connectivity index (χ4v) is 1.57. The maximum Gasteiger partial charge on any atom is 0.321 e. The van der Waals surface area contributed by atoms with E-state index >= 15 is 0 Å². The van der Waals surface area contributed by atoms with Crippen LogP contribution in [0.3, 0.4) is 0 Å². The highest BCUT2D eigenvalue weighted by atomic mass is 16.3. The molecule has 0 unspecified atom stereocenters. The average Bonchev–Trinajstić information content (AvgIpc) is 2.34. The first-order valence-electron chi connectivity index (χ1n) is 6.93. The van der Waals surface area contributed by atoms with Gasteiger partial charge < -0.3 is 10.4 Å². The van der Waals surface area contributed by atoms with E-state index in [1.807, 2.05) is 25.7 Å². The number of aliphatic hydroxyl groups excluding tert-OH is 1. The van der Waals surface area contributed by atoms with Crippen LogP contribution in [0.1, 0.15) is 40.0 Å². The normalized spacial score (nSPS) is 10.8. The third-order valence-electron chi connectivity index (χ3n) is 2.75. The molecule has 0 heterocycles. The summed E-state index contributed by atoms with van der Waals surface area (Å²) in [4.78, 5) is 25.0. The van der Waals surface area contributed by atoms with Gasteiger partial charge in [0.25, 0.3) is 0 Å². The molecule has 0 aromatic heterocycles. The SMILES string of the molecule is CCCCNC(=O)NC(=O)CN(CCCO)C(C)C. The maximum atomic E-state index is 11.7. The molecule has 0 bridgehead atoms. The van der Waals surface area contributed by atoms with E-state index in [2.05, 4.69) is 10.6 Å². The van der Waals surface area contributed by atoms with Crippen molar-refractivity contribution in [2.45, 2.75) is 46.1 Å². The molecular weight excluding hydrogens is 246 g/mol. The van der Waals surface area contributed by atoms with Crippen molar-refractivity contribution < 1.29 is 14.7 Å². The summed E-state index contributed by atoms with van der Waals surface area (Å²) in [6.45, 7) is 7.47. The molecule has 0 atom stereocenters. The van der Waals surface area contributed by atoms with Crippen LogP contribution >= 0.6 is 0 Å². The lowest BCUT2D eigenvalue weighted by Crippen LogP contribution is -2.46. The van der Waals surface area contributed by atoms with Gasteiger partial charge in [0.2, 0.25) is 5.91 Å². The number of carbonyl (C=O) groups excluding carboxylic acids is 2. The smallest absolute Gasteiger partial charge is 0.321 e. The lowest BCUT2D eigenvalue weighted by atomic mass is 10.3. The Morgan fingerprint density at radius 2 is 1.95 bits per heavy atom. The second kappa shape index (κ2) is 10.8. The van der Waals surface area contributed by atoms with Gasteiger partial charge in [-0.15, -0.1) is 0 Å². The number of nitrogens with zero attached hydrogens (tertiary/aromatic N) is 1. The molecule has 6 heteroatoms. The van der Waals surface area contributed by atoms with Gasteiger partial charge in [0.1, 0.15) is 0 Å². The maximum absolute atomic E-state index is 11.7. The zero-order chi connectivity index (χ0) is 14.7.